The third kappa shape index (κ3) is 4.28. The molecule has 1 aromatic heterocycles. The average molecular weight is 353 g/mol. The largest absolute Gasteiger partial charge is 0.463 e. The lowest BCUT2D eigenvalue weighted by atomic mass is 10.1. The predicted molar refractivity (Wildman–Crippen MR) is 102 cm³/mol. The van der Waals surface area contributed by atoms with Crippen molar-refractivity contribution >= 4 is 29.1 Å². The van der Waals surface area contributed by atoms with Gasteiger partial charge in [-0.05, 0) is 31.0 Å². The molecular weight excluding hydrogens is 334 g/mol. The molecule has 5 nitrogen and oxygen atoms in total. The van der Waals surface area contributed by atoms with E-state index in [1.165, 1.54) is 23.5 Å². The number of rotatable bonds is 6. The summed E-state index contributed by atoms with van der Waals surface area (Å²) in [6, 6.07) is 11.8. The molecule has 0 radical (unpaired) electrons. The number of amidine groups is 1. The number of thioether (sulfide) groups is 1. The minimum atomic E-state index is -0.194. The molecule has 6 heteroatoms. The van der Waals surface area contributed by atoms with Gasteiger partial charge in [0.15, 0.2) is 5.17 Å². The third-order valence-electron chi connectivity index (χ3n) is 3.74. The Morgan fingerprint density at radius 2 is 2.12 bits per heavy atom. The van der Waals surface area contributed by atoms with E-state index in [0.717, 1.165) is 5.56 Å². The van der Waals surface area contributed by atoms with Gasteiger partial charge in [-0.1, -0.05) is 47.7 Å². The first-order valence-electron chi connectivity index (χ1n) is 7.96. The lowest BCUT2D eigenvalue weighted by Crippen LogP contribution is -2.32. The lowest BCUT2D eigenvalue weighted by Gasteiger charge is -2.12. The molecule has 1 fully saturated rings. The second-order valence-electron chi connectivity index (χ2n) is 5.68. The molecule has 128 valence electrons. The van der Waals surface area contributed by atoms with Crippen LogP contribution in [0.2, 0.25) is 0 Å². The summed E-state index contributed by atoms with van der Waals surface area (Å²) in [7, 11) is 0. The van der Waals surface area contributed by atoms with E-state index in [4.69, 9.17) is 4.42 Å². The molecule has 1 amide bonds. The van der Waals surface area contributed by atoms with Crippen molar-refractivity contribution < 1.29 is 9.21 Å². The summed E-state index contributed by atoms with van der Waals surface area (Å²) in [5.74, 6) is 0.655. The maximum absolute atomic E-state index is 12.7. The first kappa shape index (κ1) is 17.2. The van der Waals surface area contributed by atoms with E-state index < -0.39 is 0 Å². The Bertz CT molecular complexity index is 795. The zero-order valence-corrected chi connectivity index (χ0v) is 14.8. The van der Waals surface area contributed by atoms with E-state index in [0.29, 0.717) is 23.9 Å². The smallest absolute Gasteiger partial charge is 0.242 e. The number of nitrogens with zero attached hydrogens (tertiary/aromatic N) is 3. The molecule has 25 heavy (non-hydrogen) atoms. The van der Waals surface area contributed by atoms with E-state index in [9.17, 15) is 4.79 Å². The number of aryl methyl sites for hydroxylation is 1. The molecule has 1 saturated heterocycles. The summed E-state index contributed by atoms with van der Waals surface area (Å²) in [6.07, 6.45) is 5.46. The van der Waals surface area contributed by atoms with Crippen molar-refractivity contribution in [2.24, 2.45) is 10.2 Å². The highest BCUT2D eigenvalue weighted by molar-refractivity contribution is 8.15. The zero-order chi connectivity index (χ0) is 17.6. The second kappa shape index (κ2) is 7.98. The molecule has 1 aliphatic rings. The van der Waals surface area contributed by atoms with Crippen molar-refractivity contribution in [2.75, 3.05) is 6.54 Å². The minimum Gasteiger partial charge on any atom is -0.463 e. The van der Waals surface area contributed by atoms with Crippen molar-refractivity contribution in [3.8, 4) is 0 Å². The summed E-state index contributed by atoms with van der Waals surface area (Å²) in [5, 5.41) is 8.63. The first-order valence-corrected chi connectivity index (χ1v) is 8.84. The van der Waals surface area contributed by atoms with Gasteiger partial charge in [0.25, 0.3) is 0 Å². The maximum Gasteiger partial charge on any atom is 0.242 e. The van der Waals surface area contributed by atoms with E-state index in [-0.39, 0.29) is 11.2 Å². The van der Waals surface area contributed by atoms with Crippen LogP contribution in [-0.4, -0.2) is 34.0 Å². The van der Waals surface area contributed by atoms with Crippen molar-refractivity contribution in [1.82, 2.24) is 4.90 Å². The van der Waals surface area contributed by atoms with Gasteiger partial charge in [-0.3, -0.25) is 9.69 Å². The normalized spacial score (nSPS) is 19.2. The molecule has 1 atom stereocenters. The van der Waals surface area contributed by atoms with E-state index in [1.807, 2.05) is 6.92 Å². The van der Waals surface area contributed by atoms with Crippen LogP contribution in [0.25, 0.3) is 0 Å². The number of carbonyl (C=O) groups is 1. The average Bonchev–Trinajstić information content (AvgIpc) is 3.21. The van der Waals surface area contributed by atoms with Crippen LogP contribution in [-0.2, 0) is 11.2 Å². The Kier molecular flexibility index (Phi) is 5.50. The minimum absolute atomic E-state index is 0.0393. The van der Waals surface area contributed by atoms with Crippen molar-refractivity contribution in [1.29, 1.82) is 0 Å². The summed E-state index contributed by atoms with van der Waals surface area (Å²) in [5.41, 5.74) is 2.34. The highest BCUT2D eigenvalue weighted by Crippen LogP contribution is 2.30. The Balaban J connectivity index is 1.74. The number of amides is 1. The molecule has 0 N–H and O–H groups in total. The number of hydrogen-bond donors (Lipinski definition) is 0. The quantitative estimate of drug-likeness (QED) is 0.452. The van der Waals surface area contributed by atoms with Gasteiger partial charge in [0.2, 0.25) is 5.91 Å². The van der Waals surface area contributed by atoms with Crippen LogP contribution in [0.4, 0.5) is 0 Å². The third-order valence-corrected chi connectivity index (χ3v) is 4.91. The number of benzene rings is 1. The van der Waals surface area contributed by atoms with E-state index in [1.54, 1.807) is 29.4 Å². The first-order chi connectivity index (χ1) is 12.2. The van der Waals surface area contributed by atoms with Crippen LogP contribution in [0.3, 0.4) is 0 Å². The van der Waals surface area contributed by atoms with Crippen LogP contribution >= 0.6 is 11.8 Å². The lowest BCUT2D eigenvalue weighted by molar-refractivity contribution is -0.125. The van der Waals surface area contributed by atoms with Crippen LogP contribution < -0.4 is 0 Å². The fourth-order valence-electron chi connectivity index (χ4n) is 2.45. The highest BCUT2D eigenvalue weighted by atomic mass is 32.2. The van der Waals surface area contributed by atoms with Gasteiger partial charge >= 0.3 is 0 Å². The Morgan fingerprint density at radius 1 is 1.32 bits per heavy atom. The van der Waals surface area contributed by atoms with Gasteiger partial charge in [0, 0.05) is 6.54 Å². The molecule has 0 spiro atoms. The molecule has 1 unspecified atom stereocenters. The van der Waals surface area contributed by atoms with Gasteiger partial charge in [-0.15, -0.1) is 11.7 Å². The standard InChI is InChI=1S/C19H19N3O2S/c1-3-10-22-18(23)17(12-15-8-6-14(2)7-9-15)25-19(22)21-20-13-16-5-4-11-24-16/h3-9,11,13,17H,1,10,12H2,2H3/b20-13+,21-19+. The van der Waals surface area contributed by atoms with Crippen molar-refractivity contribution in [3.05, 3.63) is 72.2 Å². The fraction of sp³-hybridized carbons (Fsp3) is 0.211. The molecule has 2 aromatic rings. The van der Waals surface area contributed by atoms with Crippen LogP contribution in [0.15, 0.2) is 69.9 Å². The van der Waals surface area contributed by atoms with Crippen LogP contribution in [0.1, 0.15) is 16.9 Å². The Labute approximate surface area is 151 Å². The topological polar surface area (TPSA) is 58.2 Å². The Morgan fingerprint density at radius 3 is 2.80 bits per heavy atom. The zero-order valence-electron chi connectivity index (χ0n) is 14.0. The predicted octanol–water partition coefficient (Wildman–Crippen LogP) is 3.65. The highest BCUT2D eigenvalue weighted by Gasteiger charge is 2.37. The van der Waals surface area contributed by atoms with Crippen molar-refractivity contribution in [3.63, 3.8) is 0 Å². The maximum atomic E-state index is 12.7. The molecule has 3 rings (SSSR count). The summed E-state index contributed by atoms with van der Waals surface area (Å²) in [6.45, 7) is 6.19. The monoisotopic (exact) mass is 353 g/mol. The summed E-state index contributed by atoms with van der Waals surface area (Å²) < 4.78 is 5.18. The SMILES string of the molecule is C=CCN1C(=O)C(Cc2ccc(C)cc2)S/C1=N/N=C/c1ccco1. The molecule has 1 aromatic carbocycles. The number of hydrogen-bond acceptors (Lipinski definition) is 5. The van der Waals surface area contributed by atoms with Gasteiger partial charge in [0.1, 0.15) is 5.76 Å². The Hall–Kier alpha value is -2.60. The molecule has 0 saturated carbocycles. The number of carbonyl (C=O) groups excluding carboxylic acids is 1. The molecular formula is C19H19N3O2S. The summed E-state index contributed by atoms with van der Waals surface area (Å²) >= 11 is 1.44. The molecule has 0 bridgehead atoms. The van der Waals surface area contributed by atoms with Gasteiger partial charge in [-0.25, -0.2) is 0 Å². The van der Waals surface area contributed by atoms with Gasteiger partial charge in [0.05, 0.1) is 17.7 Å². The second-order valence-corrected chi connectivity index (χ2v) is 6.85. The molecule has 0 aliphatic carbocycles. The fourth-order valence-corrected chi connectivity index (χ4v) is 3.60. The van der Waals surface area contributed by atoms with Crippen LogP contribution in [0.5, 0.6) is 0 Å². The van der Waals surface area contributed by atoms with Crippen molar-refractivity contribution in [2.45, 2.75) is 18.6 Å². The molecule has 1 aliphatic heterocycles. The molecule has 2 heterocycles. The van der Waals surface area contributed by atoms with Gasteiger partial charge in [-0.2, -0.15) is 5.10 Å². The number of furan rings is 1. The van der Waals surface area contributed by atoms with E-state index >= 15 is 0 Å². The van der Waals surface area contributed by atoms with Crippen LogP contribution in [0, 0.1) is 6.92 Å². The van der Waals surface area contributed by atoms with E-state index in [2.05, 4.69) is 41.0 Å². The summed E-state index contributed by atoms with van der Waals surface area (Å²) in [4.78, 5) is 14.3. The van der Waals surface area contributed by atoms with Gasteiger partial charge < -0.3 is 4.42 Å².